The molecule has 1 N–H and O–H groups in total. The van der Waals surface area contributed by atoms with E-state index in [4.69, 9.17) is 9.47 Å². The number of fused-ring (bicyclic) bond motifs is 1. The summed E-state index contributed by atoms with van der Waals surface area (Å²) in [4.78, 5) is 20.5. The van der Waals surface area contributed by atoms with Gasteiger partial charge in [0.1, 0.15) is 11.5 Å². The number of hydrogen-bond acceptors (Lipinski definition) is 5. The number of rotatable bonds is 4. The van der Waals surface area contributed by atoms with Crippen molar-refractivity contribution in [1.82, 2.24) is 9.97 Å². The van der Waals surface area contributed by atoms with Gasteiger partial charge in [-0.2, -0.15) is 0 Å². The third kappa shape index (κ3) is 3.42. The number of ether oxygens (including phenoxy) is 2. The lowest BCUT2D eigenvalue weighted by molar-refractivity contribution is -0.122. The molecule has 0 aliphatic carbocycles. The summed E-state index contributed by atoms with van der Waals surface area (Å²) in [5, 5.41) is 2.86. The number of carbonyl (C=O) groups excluding carboxylic acids is 1. The number of hydrogen-bond donors (Lipinski definition) is 1. The Morgan fingerprint density at radius 3 is 2.92 bits per heavy atom. The van der Waals surface area contributed by atoms with Crippen LogP contribution in [0.15, 0.2) is 67.1 Å². The van der Waals surface area contributed by atoms with Gasteiger partial charge in [0.15, 0.2) is 6.10 Å². The molecule has 6 heteroatoms. The van der Waals surface area contributed by atoms with Gasteiger partial charge in [-0.1, -0.05) is 24.3 Å². The van der Waals surface area contributed by atoms with Gasteiger partial charge in [-0.3, -0.25) is 9.78 Å². The first-order valence-electron chi connectivity index (χ1n) is 7.87. The van der Waals surface area contributed by atoms with Gasteiger partial charge in [0.05, 0.1) is 6.20 Å². The van der Waals surface area contributed by atoms with E-state index >= 15 is 0 Å². The van der Waals surface area contributed by atoms with Crippen LogP contribution in [0, 0.1) is 0 Å². The number of carbonyl (C=O) groups is 1. The molecule has 1 aromatic heterocycles. The maximum absolute atomic E-state index is 12.5. The maximum Gasteiger partial charge on any atom is 0.265 e. The van der Waals surface area contributed by atoms with Crippen molar-refractivity contribution in [3.8, 4) is 17.4 Å². The molecule has 0 spiro atoms. The molecular formula is C19H15N3O3. The fourth-order valence-electron chi connectivity index (χ4n) is 2.65. The fraction of sp³-hybridized carbons (Fsp3) is 0.105. The zero-order valence-electron chi connectivity index (χ0n) is 13.3. The standard InChI is InChI=1S/C19H15N3O3/c23-19(17-10-13-4-1-2-7-16(13)25-17)22-14-5-3-6-15(11-14)24-18-12-20-8-9-21-18/h1-9,11-12,17H,10H2,(H,22,23). The predicted molar refractivity (Wildman–Crippen MR) is 91.7 cm³/mol. The largest absolute Gasteiger partial charge is 0.480 e. The Balaban J connectivity index is 1.43. The molecule has 4 rings (SSSR count). The quantitative estimate of drug-likeness (QED) is 0.793. The molecule has 6 nitrogen and oxygen atoms in total. The van der Waals surface area contributed by atoms with Crippen LogP contribution in [0.3, 0.4) is 0 Å². The van der Waals surface area contributed by atoms with Gasteiger partial charge in [-0.25, -0.2) is 4.98 Å². The Hall–Kier alpha value is -3.41. The van der Waals surface area contributed by atoms with Gasteiger partial charge in [0.2, 0.25) is 5.88 Å². The molecule has 2 heterocycles. The van der Waals surface area contributed by atoms with Crippen molar-refractivity contribution in [2.24, 2.45) is 0 Å². The second kappa shape index (κ2) is 6.60. The highest BCUT2D eigenvalue weighted by Gasteiger charge is 2.28. The second-order valence-electron chi connectivity index (χ2n) is 5.58. The molecule has 25 heavy (non-hydrogen) atoms. The van der Waals surface area contributed by atoms with Crippen LogP contribution in [0.25, 0.3) is 0 Å². The van der Waals surface area contributed by atoms with Crippen LogP contribution in [0.2, 0.25) is 0 Å². The molecule has 1 unspecified atom stereocenters. The fourth-order valence-corrected chi connectivity index (χ4v) is 2.65. The van der Waals surface area contributed by atoms with E-state index < -0.39 is 6.10 Å². The molecule has 0 fully saturated rings. The third-order valence-corrected chi connectivity index (χ3v) is 3.80. The SMILES string of the molecule is O=C(Nc1cccc(Oc2cnccn2)c1)C1Cc2ccccc2O1. The molecule has 3 aromatic rings. The second-order valence-corrected chi connectivity index (χ2v) is 5.58. The number of nitrogens with zero attached hydrogens (tertiary/aromatic N) is 2. The monoisotopic (exact) mass is 333 g/mol. The minimum Gasteiger partial charge on any atom is -0.480 e. The van der Waals surface area contributed by atoms with Crippen LogP contribution in [-0.4, -0.2) is 22.0 Å². The molecule has 0 saturated carbocycles. The van der Waals surface area contributed by atoms with Crippen LogP contribution in [-0.2, 0) is 11.2 Å². The summed E-state index contributed by atoms with van der Waals surface area (Å²) in [5.74, 6) is 1.53. The minimum absolute atomic E-state index is 0.187. The molecule has 0 radical (unpaired) electrons. The van der Waals surface area contributed by atoms with E-state index in [2.05, 4.69) is 15.3 Å². The van der Waals surface area contributed by atoms with Gasteiger partial charge in [0.25, 0.3) is 5.91 Å². The van der Waals surface area contributed by atoms with Gasteiger partial charge < -0.3 is 14.8 Å². The van der Waals surface area contributed by atoms with Crippen LogP contribution in [0.5, 0.6) is 17.4 Å². The number of nitrogens with one attached hydrogen (secondary N) is 1. The smallest absolute Gasteiger partial charge is 0.265 e. The highest BCUT2D eigenvalue weighted by Crippen LogP contribution is 2.29. The van der Waals surface area contributed by atoms with Gasteiger partial charge in [-0.05, 0) is 23.8 Å². The first-order valence-corrected chi connectivity index (χ1v) is 7.87. The Morgan fingerprint density at radius 2 is 2.08 bits per heavy atom. The lowest BCUT2D eigenvalue weighted by atomic mass is 10.1. The molecule has 0 bridgehead atoms. The molecule has 2 aromatic carbocycles. The number of para-hydroxylation sites is 1. The first kappa shape index (κ1) is 15.1. The van der Waals surface area contributed by atoms with Crippen molar-refractivity contribution in [3.63, 3.8) is 0 Å². The van der Waals surface area contributed by atoms with Crippen molar-refractivity contribution < 1.29 is 14.3 Å². The first-order chi connectivity index (χ1) is 12.3. The number of anilines is 1. The Bertz CT molecular complexity index is 874. The van der Waals surface area contributed by atoms with Gasteiger partial charge >= 0.3 is 0 Å². The van der Waals surface area contributed by atoms with E-state index in [-0.39, 0.29) is 5.91 Å². The summed E-state index contributed by atoms with van der Waals surface area (Å²) in [6.07, 6.45) is 4.69. The summed E-state index contributed by atoms with van der Waals surface area (Å²) < 4.78 is 11.3. The average molecular weight is 333 g/mol. The van der Waals surface area contributed by atoms with Crippen LogP contribution in [0.4, 0.5) is 5.69 Å². The number of amides is 1. The van der Waals surface area contributed by atoms with E-state index in [0.29, 0.717) is 23.7 Å². The van der Waals surface area contributed by atoms with Gasteiger partial charge in [0, 0.05) is 30.6 Å². The van der Waals surface area contributed by atoms with E-state index in [9.17, 15) is 4.79 Å². The topological polar surface area (TPSA) is 73.3 Å². The molecule has 124 valence electrons. The molecule has 1 atom stereocenters. The highest BCUT2D eigenvalue weighted by atomic mass is 16.5. The highest BCUT2D eigenvalue weighted by molar-refractivity contribution is 5.95. The zero-order chi connectivity index (χ0) is 17.1. The molecule has 1 amide bonds. The van der Waals surface area contributed by atoms with Gasteiger partial charge in [-0.15, -0.1) is 0 Å². The summed E-state index contributed by atoms with van der Waals surface area (Å²) >= 11 is 0. The normalized spacial score (nSPS) is 15.1. The van der Waals surface area contributed by atoms with E-state index in [1.54, 1.807) is 36.7 Å². The van der Waals surface area contributed by atoms with Crippen LogP contribution in [0.1, 0.15) is 5.56 Å². The van der Waals surface area contributed by atoms with Crippen molar-refractivity contribution in [1.29, 1.82) is 0 Å². The van der Waals surface area contributed by atoms with Crippen molar-refractivity contribution in [3.05, 3.63) is 72.7 Å². The van der Waals surface area contributed by atoms with E-state index in [1.807, 2.05) is 24.3 Å². The third-order valence-electron chi connectivity index (χ3n) is 3.80. The summed E-state index contributed by atoms with van der Waals surface area (Å²) in [5.41, 5.74) is 1.67. The zero-order valence-corrected chi connectivity index (χ0v) is 13.3. The predicted octanol–water partition coefficient (Wildman–Crippen LogP) is 3.21. The Labute approximate surface area is 144 Å². The summed E-state index contributed by atoms with van der Waals surface area (Å²) in [6.45, 7) is 0. The average Bonchev–Trinajstić information content (AvgIpc) is 3.07. The van der Waals surface area contributed by atoms with E-state index in [0.717, 1.165) is 11.3 Å². The summed E-state index contributed by atoms with van der Waals surface area (Å²) in [6, 6.07) is 14.8. The maximum atomic E-state index is 12.5. The van der Waals surface area contributed by atoms with Crippen LogP contribution >= 0.6 is 0 Å². The molecule has 1 aliphatic rings. The van der Waals surface area contributed by atoms with Crippen molar-refractivity contribution in [2.45, 2.75) is 12.5 Å². The van der Waals surface area contributed by atoms with E-state index in [1.165, 1.54) is 6.20 Å². The van der Waals surface area contributed by atoms with Crippen molar-refractivity contribution in [2.75, 3.05) is 5.32 Å². The lowest BCUT2D eigenvalue weighted by Gasteiger charge is -2.12. The Kier molecular flexibility index (Phi) is 4.00. The van der Waals surface area contributed by atoms with Crippen molar-refractivity contribution >= 4 is 11.6 Å². The van der Waals surface area contributed by atoms with Crippen LogP contribution < -0.4 is 14.8 Å². The lowest BCUT2D eigenvalue weighted by Crippen LogP contribution is -2.31. The number of aromatic nitrogens is 2. The minimum atomic E-state index is -0.526. The molecule has 0 saturated heterocycles. The number of benzene rings is 2. The molecular weight excluding hydrogens is 318 g/mol. The summed E-state index contributed by atoms with van der Waals surface area (Å²) in [7, 11) is 0. The molecule has 1 aliphatic heterocycles. The Morgan fingerprint density at radius 1 is 1.16 bits per heavy atom.